The molecule has 102 valence electrons. The zero-order chi connectivity index (χ0) is 13.7. The number of benzene rings is 1. The summed E-state index contributed by atoms with van der Waals surface area (Å²) in [6.07, 6.45) is 4.08. The van der Waals surface area contributed by atoms with Crippen molar-refractivity contribution in [3.8, 4) is 0 Å². The molecule has 0 bridgehead atoms. The minimum Gasteiger partial charge on any atom is -0.384 e. The van der Waals surface area contributed by atoms with Gasteiger partial charge in [-0.05, 0) is 34.8 Å². The highest BCUT2D eigenvalue weighted by Crippen LogP contribution is 2.27. The smallest absolute Gasteiger partial charge is 0.270 e. The van der Waals surface area contributed by atoms with Crippen LogP contribution in [0.3, 0.4) is 0 Å². The molecule has 0 atom stereocenters. The Bertz CT molecular complexity index is 503. The van der Waals surface area contributed by atoms with Crippen LogP contribution in [0.25, 0.3) is 0 Å². The molecule has 1 aliphatic heterocycles. The van der Waals surface area contributed by atoms with Gasteiger partial charge in [0.1, 0.15) is 0 Å². The highest BCUT2D eigenvalue weighted by atomic mass is 79.9. The predicted molar refractivity (Wildman–Crippen MR) is 77.4 cm³/mol. The van der Waals surface area contributed by atoms with Crippen LogP contribution in [-0.2, 0) is 4.74 Å². The minimum atomic E-state index is -0.401. The van der Waals surface area contributed by atoms with Gasteiger partial charge in [0.25, 0.3) is 5.69 Å². The molecular weight excluding hydrogens is 312 g/mol. The molecule has 0 fully saturated rings. The fraction of sp³-hybridized carbons (Fsp3) is 0.385. The Morgan fingerprint density at radius 3 is 2.95 bits per heavy atom. The molecule has 6 heteroatoms. The summed E-state index contributed by atoms with van der Waals surface area (Å²) in [5, 5.41) is 13.9. The van der Waals surface area contributed by atoms with Crippen molar-refractivity contribution < 1.29 is 9.66 Å². The van der Waals surface area contributed by atoms with E-state index in [1.807, 2.05) is 0 Å². The minimum absolute atomic E-state index is 0.0876. The SMILES string of the molecule is O=[N+]([O-])c1ccc(NCCC2=CCOCC2)c(Br)c1. The van der Waals surface area contributed by atoms with E-state index in [4.69, 9.17) is 4.74 Å². The second-order valence-corrected chi connectivity index (χ2v) is 5.14. The molecule has 0 saturated heterocycles. The van der Waals surface area contributed by atoms with Crippen LogP contribution in [-0.4, -0.2) is 24.7 Å². The van der Waals surface area contributed by atoms with E-state index in [0.29, 0.717) is 11.1 Å². The molecule has 5 nitrogen and oxygen atoms in total. The van der Waals surface area contributed by atoms with Crippen molar-refractivity contribution in [1.82, 2.24) is 0 Å². The van der Waals surface area contributed by atoms with Crippen molar-refractivity contribution >= 4 is 27.3 Å². The summed E-state index contributed by atoms with van der Waals surface area (Å²) < 4.78 is 5.96. The summed E-state index contributed by atoms with van der Waals surface area (Å²) in [4.78, 5) is 10.2. The highest BCUT2D eigenvalue weighted by molar-refractivity contribution is 9.10. The first-order valence-corrected chi connectivity index (χ1v) is 6.89. The number of anilines is 1. The van der Waals surface area contributed by atoms with E-state index in [0.717, 1.165) is 31.7 Å². The van der Waals surface area contributed by atoms with Crippen LogP contribution in [0.4, 0.5) is 11.4 Å². The average molecular weight is 327 g/mol. The molecule has 1 aromatic carbocycles. The monoisotopic (exact) mass is 326 g/mol. The average Bonchev–Trinajstić information content (AvgIpc) is 2.41. The van der Waals surface area contributed by atoms with Gasteiger partial charge >= 0.3 is 0 Å². The fourth-order valence-corrected chi connectivity index (χ4v) is 2.42. The van der Waals surface area contributed by atoms with Gasteiger partial charge in [-0.15, -0.1) is 0 Å². The van der Waals surface area contributed by atoms with Gasteiger partial charge in [0.05, 0.1) is 18.1 Å². The lowest BCUT2D eigenvalue weighted by atomic mass is 10.1. The van der Waals surface area contributed by atoms with Gasteiger partial charge in [-0.25, -0.2) is 0 Å². The van der Waals surface area contributed by atoms with Crippen molar-refractivity contribution in [2.75, 3.05) is 25.1 Å². The summed E-state index contributed by atoms with van der Waals surface area (Å²) in [6.45, 7) is 2.31. The molecule has 1 N–H and O–H groups in total. The van der Waals surface area contributed by atoms with Gasteiger partial charge < -0.3 is 10.1 Å². The topological polar surface area (TPSA) is 64.4 Å². The standard InChI is InChI=1S/C13H15BrN2O3/c14-12-9-11(16(17)18)1-2-13(12)15-6-3-10-4-7-19-8-5-10/h1-2,4,9,15H,3,5-8H2. The highest BCUT2D eigenvalue weighted by Gasteiger charge is 2.09. The summed E-state index contributed by atoms with van der Waals surface area (Å²) in [5.74, 6) is 0. The molecule has 0 aromatic heterocycles. The molecule has 0 unspecified atom stereocenters. The summed E-state index contributed by atoms with van der Waals surface area (Å²) in [5.41, 5.74) is 2.36. The Hall–Kier alpha value is -1.40. The quantitative estimate of drug-likeness (QED) is 0.511. The van der Waals surface area contributed by atoms with Crippen LogP contribution in [0.15, 0.2) is 34.3 Å². The number of nitrogens with one attached hydrogen (secondary N) is 1. The van der Waals surface area contributed by atoms with Crippen molar-refractivity contribution in [2.45, 2.75) is 12.8 Å². The van der Waals surface area contributed by atoms with E-state index >= 15 is 0 Å². The molecule has 0 amide bonds. The molecule has 1 aliphatic rings. The van der Waals surface area contributed by atoms with Gasteiger partial charge in [-0.3, -0.25) is 10.1 Å². The van der Waals surface area contributed by atoms with E-state index in [9.17, 15) is 10.1 Å². The third-order valence-corrected chi connectivity index (χ3v) is 3.64. The van der Waals surface area contributed by atoms with Gasteiger partial charge in [-0.1, -0.05) is 11.6 Å². The van der Waals surface area contributed by atoms with Crippen LogP contribution in [0.2, 0.25) is 0 Å². The van der Waals surface area contributed by atoms with Gasteiger partial charge in [0, 0.05) is 28.8 Å². The van der Waals surface area contributed by atoms with E-state index in [-0.39, 0.29) is 5.69 Å². The Kier molecular flexibility index (Phi) is 4.93. The third-order valence-electron chi connectivity index (χ3n) is 2.98. The number of non-ortho nitro benzene ring substituents is 1. The first-order chi connectivity index (χ1) is 9.16. The van der Waals surface area contributed by atoms with Crippen LogP contribution >= 0.6 is 15.9 Å². The number of hydrogen-bond acceptors (Lipinski definition) is 4. The number of nitro benzene ring substituents is 1. The number of hydrogen-bond donors (Lipinski definition) is 1. The first kappa shape index (κ1) is 14.0. The maximum Gasteiger partial charge on any atom is 0.270 e. The van der Waals surface area contributed by atoms with E-state index < -0.39 is 4.92 Å². The van der Waals surface area contributed by atoms with Gasteiger partial charge in [0.2, 0.25) is 0 Å². The lowest BCUT2D eigenvalue weighted by molar-refractivity contribution is -0.384. The molecule has 2 rings (SSSR count). The number of ether oxygens (including phenoxy) is 1. The van der Waals surface area contributed by atoms with Crippen LogP contribution in [0.1, 0.15) is 12.8 Å². The van der Waals surface area contributed by atoms with Crippen molar-refractivity contribution in [2.24, 2.45) is 0 Å². The Morgan fingerprint density at radius 2 is 2.32 bits per heavy atom. The Labute approximate surface area is 119 Å². The maximum absolute atomic E-state index is 10.6. The molecule has 1 heterocycles. The Balaban J connectivity index is 1.89. The number of halogens is 1. The molecule has 0 aliphatic carbocycles. The van der Waals surface area contributed by atoms with E-state index in [1.165, 1.54) is 17.7 Å². The largest absolute Gasteiger partial charge is 0.384 e. The molecule has 0 saturated carbocycles. The summed E-state index contributed by atoms with van der Waals surface area (Å²) in [6, 6.07) is 4.73. The predicted octanol–water partition coefficient (Wildman–Crippen LogP) is 3.51. The second kappa shape index (κ2) is 6.68. The van der Waals surface area contributed by atoms with Gasteiger partial charge in [-0.2, -0.15) is 0 Å². The van der Waals surface area contributed by atoms with Crippen molar-refractivity contribution in [3.63, 3.8) is 0 Å². The molecule has 0 spiro atoms. The molecular formula is C13H15BrN2O3. The lowest BCUT2D eigenvalue weighted by Gasteiger charge is -2.14. The van der Waals surface area contributed by atoms with Gasteiger partial charge in [0.15, 0.2) is 0 Å². The number of nitro groups is 1. The molecule has 0 radical (unpaired) electrons. The summed E-state index contributed by atoms with van der Waals surface area (Å²) >= 11 is 3.34. The van der Waals surface area contributed by atoms with Crippen molar-refractivity contribution in [1.29, 1.82) is 0 Å². The third kappa shape index (κ3) is 4.04. The second-order valence-electron chi connectivity index (χ2n) is 4.29. The molecule has 1 aromatic rings. The Morgan fingerprint density at radius 1 is 1.47 bits per heavy atom. The maximum atomic E-state index is 10.6. The zero-order valence-corrected chi connectivity index (χ0v) is 12.0. The number of rotatable bonds is 5. The fourth-order valence-electron chi connectivity index (χ4n) is 1.91. The van der Waals surface area contributed by atoms with Crippen LogP contribution < -0.4 is 5.32 Å². The van der Waals surface area contributed by atoms with E-state index in [1.54, 1.807) is 6.07 Å². The lowest BCUT2D eigenvalue weighted by Crippen LogP contribution is -2.09. The molecule has 19 heavy (non-hydrogen) atoms. The first-order valence-electron chi connectivity index (χ1n) is 6.10. The zero-order valence-electron chi connectivity index (χ0n) is 10.4. The number of nitrogens with zero attached hydrogens (tertiary/aromatic N) is 1. The normalized spacial score (nSPS) is 14.9. The van der Waals surface area contributed by atoms with E-state index in [2.05, 4.69) is 27.3 Å². The van der Waals surface area contributed by atoms with Crippen molar-refractivity contribution in [3.05, 3.63) is 44.4 Å². The summed E-state index contributed by atoms with van der Waals surface area (Å²) in [7, 11) is 0. The van der Waals surface area contributed by atoms with Crippen LogP contribution in [0.5, 0.6) is 0 Å². The van der Waals surface area contributed by atoms with Crippen LogP contribution in [0, 0.1) is 10.1 Å².